The van der Waals surface area contributed by atoms with Crippen molar-refractivity contribution < 1.29 is 9.53 Å². The minimum atomic E-state index is 0.0101. The summed E-state index contributed by atoms with van der Waals surface area (Å²) in [6.45, 7) is 7.97. The monoisotopic (exact) mass is 302 g/mol. The van der Waals surface area contributed by atoms with Gasteiger partial charge in [-0.3, -0.25) is 0 Å². The molecule has 1 aliphatic carbocycles. The van der Waals surface area contributed by atoms with E-state index in [-0.39, 0.29) is 18.2 Å². The second-order valence-corrected chi connectivity index (χ2v) is 7.05. The zero-order valence-electron chi connectivity index (χ0n) is 13.7. The summed E-state index contributed by atoms with van der Waals surface area (Å²) in [6, 6.07) is 8.19. The standard InChI is InChI=1S/C18H26N2O2/c1-12(2)11-22-17-14-7-8-16(17)20(10-14)18(21)19-15-6-4-5-13(3)9-15/h4-6,9,12,14,16-17H,7-8,10-11H2,1-3H3,(H,19,21)/t14-,16+,17-/m1/s1. The molecular weight excluding hydrogens is 276 g/mol. The highest BCUT2D eigenvalue weighted by Gasteiger charge is 2.49. The molecule has 2 amide bonds. The number of hydrogen-bond acceptors (Lipinski definition) is 2. The maximum Gasteiger partial charge on any atom is 0.322 e. The Balaban J connectivity index is 1.62. The second kappa shape index (κ2) is 6.29. The lowest BCUT2D eigenvalue weighted by Crippen LogP contribution is -2.42. The first-order valence-corrected chi connectivity index (χ1v) is 8.30. The number of benzene rings is 1. The molecule has 0 radical (unpaired) electrons. The predicted octanol–water partition coefficient (Wildman–Crippen LogP) is 3.66. The zero-order chi connectivity index (χ0) is 15.7. The number of likely N-dealkylation sites (tertiary alicyclic amines) is 1. The molecule has 2 aliphatic rings. The number of piperidine rings is 1. The second-order valence-electron chi connectivity index (χ2n) is 7.05. The van der Waals surface area contributed by atoms with Crippen molar-refractivity contribution in [3.8, 4) is 0 Å². The van der Waals surface area contributed by atoms with Gasteiger partial charge in [0.05, 0.1) is 12.1 Å². The number of aryl methyl sites for hydroxylation is 1. The van der Waals surface area contributed by atoms with Gasteiger partial charge in [0.25, 0.3) is 0 Å². The number of urea groups is 1. The van der Waals surface area contributed by atoms with Crippen molar-refractivity contribution in [3.63, 3.8) is 0 Å². The lowest BCUT2D eigenvalue weighted by atomic mass is 10.1. The maximum absolute atomic E-state index is 12.6. The highest BCUT2D eigenvalue weighted by molar-refractivity contribution is 5.90. The minimum absolute atomic E-state index is 0.0101. The number of fused-ring (bicyclic) bond motifs is 2. The number of ether oxygens (including phenoxy) is 1. The summed E-state index contributed by atoms with van der Waals surface area (Å²) in [4.78, 5) is 14.5. The fraction of sp³-hybridized carbons (Fsp3) is 0.611. The number of nitrogens with zero attached hydrogens (tertiary/aromatic N) is 1. The summed E-state index contributed by atoms with van der Waals surface area (Å²) >= 11 is 0. The van der Waals surface area contributed by atoms with Gasteiger partial charge in [-0.15, -0.1) is 0 Å². The van der Waals surface area contributed by atoms with Crippen LogP contribution in [0.5, 0.6) is 0 Å². The quantitative estimate of drug-likeness (QED) is 0.922. The number of carbonyl (C=O) groups excluding carboxylic acids is 1. The Morgan fingerprint density at radius 2 is 2.23 bits per heavy atom. The molecule has 2 fully saturated rings. The van der Waals surface area contributed by atoms with Gasteiger partial charge in [-0.25, -0.2) is 4.79 Å². The van der Waals surface area contributed by atoms with Crippen molar-refractivity contribution in [1.29, 1.82) is 0 Å². The fourth-order valence-electron chi connectivity index (χ4n) is 3.65. The Hall–Kier alpha value is -1.55. The molecule has 4 heteroatoms. The molecule has 2 bridgehead atoms. The van der Waals surface area contributed by atoms with Gasteiger partial charge >= 0.3 is 6.03 Å². The molecule has 3 rings (SSSR count). The van der Waals surface area contributed by atoms with Crippen LogP contribution in [0.3, 0.4) is 0 Å². The molecular formula is C18H26N2O2. The van der Waals surface area contributed by atoms with Crippen LogP contribution >= 0.6 is 0 Å². The third-order valence-electron chi connectivity index (χ3n) is 4.66. The van der Waals surface area contributed by atoms with Crippen molar-refractivity contribution in [1.82, 2.24) is 4.90 Å². The molecule has 0 aromatic heterocycles. The van der Waals surface area contributed by atoms with Crippen LogP contribution in [-0.2, 0) is 4.74 Å². The molecule has 4 nitrogen and oxygen atoms in total. The van der Waals surface area contributed by atoms with Gasteiger partial charge in [0.1, 0.15) is 0 Å². The summed E-state index contributed by atoms with van der Waals surface area (Å²) < 4.78 is 6.08. The Kier molecular flexibility index (Phi) is 4.39. The van der Waals surface area contributed by atoms with Gasteiger partial charge in [0.15, 0.2) is 0 Å². The van der Waals surface area contributed by atoms with Crippen molar-refractivity contribution in [3.05, 3.63) is 29.8 Å². The van der Waals surface area contributed by atoms with E-state index in [4.69, 9.17) is 4.74 Å². The lowest BCUT2D eigenvalue weighted by molar-refractivity contribution is 0.0163. The molecule has 3 atom stereocenters. The van der Waals surface area contributed by atoms with Gasteiger partial charge < -0.3 is 15.0 Å². The van der Waals surface area contributed by atoms with Crippen molar-refractivity contribution >= 4 is 11.7 Å². The van der Waals surface area contributed by atoms with Crippen LogP contribution in [0.1, 0.15) is 32.3 Å². The first-order valence-electron chi connectivity index (χ1n) is 8.30. The van der Waals surface area contributed by atoms with Crippen LogP contribution < -0.4 is 5.32 Å². The van der Waals surface area contributed by atoms with E-state index in [1.54, 1.807) is 0 Å². The Morgan fingerprint density at radius 3 is 2.95 bits per heavy atom. The number of rotatable bonds is 4. The van der Waals surface area contributed by atoms with Crippen molar-refractivity contribution in [2.75, 3.05) is 18.5 Å². The van der Waals surface area contributed by atoms with Crippen LogP contribution in [0.15, 0.2) is 24.3 Å². The Morgan fingerprint density at radius 1 is 1.41 bits per heavy atom. The van der Waals surface area contributed by atoms with E-state index in [2.05, 4.69) is 19.2 Å². The summed E-state index contributed by atoms with van der Waals surface area (Å²) in [6.07, 6.45) is 2.47. The summed E-state index contributed by atoms with van der Waals surface area (Å²) in [7, 11) is 0. The van der Waals surface area contributed by atoms with Gasteiger partial charge in [0, 0.05) is 24.8 Å². The Bertz CT molecular complexity index is 544. The molecule has 0 spiro atoms. The first-order chi connectivity index (χ1) is 10.5. The van der Waals surface area contributed by atoms with E-state index in [0.29, 0.717) is 11.8 Å². The molecule has 22 heavy (non-hydrogen) atoms. The van der Waals surface area contributed by atoms with Gasteiger partial charge in [0.2, 0.25) is 0 Å². The number of nitrogens with one attached hydrogen (secondary N) is 1. The first kappa shape index (κ1) is 15.3. The normalized spacial score (nSPS) is 26.7. The summed E-state index contributed by atoms with van der Waals surface area (Å²) in [5, 5.41) is 3.03. The minimum Gasteiger partial charge on any atom is -0.375 e. The number of carbonyl (C=O) groups is 1. The molecule has 1 heterocycles. The van der Waals surface area contributed by atoms with Crippen LogP contribution in [0.25, 0.3) is 0 Å². The highest BCUT2D eigenvalue weighted by atomic mass is 16.5. The number of anilines is 1. The largest absolute Gasteiger partial charge is 0.375 e. The maximum atomic E-state index is 12.6. The molecule has 1 aromatic carbocycles. The number of hydrogen-bond donors (Lipinski definition) is 1. The number of amides is 2. The molecule has 1 aromatic rings. The van der Waals surface area contributed by atoms with E-state index >= 15 is 0 Å². The van der Waals surface area contributed by atoms with Gasteiger partial charge in [-0.05, 0) is 43.4 Å². The molecule has 1 saturated carbocycles. The van der Waals surface area contributed by atoms with Crippen molar-refractivity contribution in [2.24, 2.45) is 11.8 Å². The molecule has 0 unspecified atom stereocenters. The van der Waals surface area contributed by atoms with E-state index in [9.17, 15) is 4.79 Å². The third-order valence-corrected chi connectivity index (χ3v) is 4.66. The third kappa shape index (κ3) is 3.12. The van der Waals surface area contributed by atoms with E-state index in [0.717, 1.165) is 30.8 Å². The molecule has 1 aliphatic heterocycles. The average molecular weight is 302 g/mol. The van der Waals surface area contributed by atoms with Crippen molar-refractivity contribution in [2.45, 2.75) is 45.8 Å². The lowest BCUT2D eigenvalue weighted by Gasteiger charge is -2.27. The predicted molar refractivity (Wildman–Crippen MR) is 88.0 cm³/mol. The van der Waals surface area contributed by atoms with Crippen LogP contribution in [0, 0.1) is 18.8 Å². The van der Waals surface area contributed by atoms with E-state index in [1.165, 1.54) is 6.42 Å². The highest BCUT2D eigenvalue weighted by Crippen LogP contribution is 2.40. The van der Waals surface area contributed by atoms with E-state index < -0.39 is 0 Å². The van der Waals surface area contributed by atoms with Gasteiger partial charge in [-0.1, -0.05) is 26.0 Å². The summed E-state index contributed by atoms with van der Waals surface area (Å²) in [5.41, 5.74) is 2.02. The zero-order valence-corrected chi connectivity index (χ0v) is 13.7. The molecule has 1 N–H and O–H groups in total. The van der Waals surface area contributed by atoms with E-state index in [1.807, 2.05) is 36.1 Å². The fourth-order valence-corrected chi connectivity index (χ4v) is 3.65. The Labute approximate surface area is 132 Å². The molecule has 120 valence electrons. The molecule has 1 saturated heterocycles. The van der Waals surface area contributed by atoms with Crippen LogP contribution in [0.2, 0.25) is 0 Å². The average Bonchev–Trinajstić information content (AvgIpc) is 3.02. The van der Waals surface area contributed by atoms with Gasteiger partial charge in [-0.2, -0.15) is 0 Å². The summed E-state index contributed by atoms with van der Waals surface area (Å²) in [5.74, 6) is 1.04. The van der Waals surface area contributed by atoms with Crippen LogP contribution in [-0.4, -0.2) is 36.2 Å². The topological polar surface area (TPSA) is 41.6 Å². The SMILES string of the molecule is Cc1cccc(NC(=O)N2C[C@H]3CC[C@H]2[C@@H]3OCC(C)C)c1. The smallest absolute Gasteiger partial charge is 0.322 e. The van der Waals surface area contributed by atoms with Crippen LogP contribution in [0.4, 0.5) is 10.5 Å².